The van der Waals surface area contributed by atoms with E-state index in [0.717, 1.165) is 25.4 Å². The summed E-state index contributed by atoms with van der Waals surface area (Å²) in [6.45, 7) is 3.70. The van der Waals surface area contributed by atoms with E-state index in [1.807, 2.05) is 24.3 Å². The third-order valence-corrected chi connectivity index (χ3v) is 4.03. The minimum Gasteiger partial charge on any atom is -0.489 e. The molecule has 1 fully saturated rings. The highest BCUT2D eigenvalue weighted by atomic mass is 16.5. The Bertz CT molecular complexity index is 565. The van der Waals surface area contributed by atoms with E-state index in [2.05, 4.69) is 41.0 Å². The maximum Gasteiger partial charge on any atom is 0.120 e. The van der Waals surface area contributed by atoms with Gasteiger partial charge in [0.1, 0.15) is 12.4 Å². The van der Waals surface area contributed by atoms with Gasteiger partial charge in [0.05, 0.1) is 0 Å². The van der Waals surface area contributed by atoms with Gasteiger partial charge in [0.25, 0.3) is 0 Å². The minimum atomic E-state index is 0.615. The first kappa shape index (κ1) is 15.1. The van der Waals surface area contributed by atoms with E-state index < -0.39 is 0 Å². The monoisotopic (exact) mass is 296 g/mol. The first-order chi connectivity index (χ1) is 10.9. The van der Waals surface area contributed by atoms with Gasteiger partial charge in [0.2, 0.25) is 0 Å². The summed E-state index contributed by atoms with van der Waals surface area (Å²) < 4.78 is 5.87. The Balaban J connectivity index is 1.47. The van der Waals surface area contributed by atoms with Gasteiger partial charge in [-0.25, -0.2) is 0 Å². The zero-order valence-electron chi connectivity index (χ0n) is 12.9. The second kappa shape index (κ2) is 7.97. The summed E-state index contributed by atoms with van der Waals surface area (Å²) in [6, 6.07) is 19.2. The molecule has 2 aromatic carbocycles. The Kier molecular flexibility index (Phi) is 5.46. The molecule has 3 heteroatoms. The summed E-state index contributed by atoms with van der Waals surface area (Å²) in [5.41, 5.74) is 2.46. The van der Waals surface area contributed by atoms with E-state index in [1.54, 1.807) is 0 Å². The van der Waals surface area contributed by atoms with Gasteiger partial charge < -0.3 is 15.4 Å². The highest BCUT2D eigenvalue weighted by molar-refractivity contribution is 5.29. The van der Waals surface area contributed by atoms with Crippen LogP contribution >= 0.6 is 0 Å². The zero-order valence-corrected chi connectivity index (χ0v) is 12.9. The lowest BCUT2D eigenvalue weighted by Crippen LogP contribution is -2.33. The average Bonchev–Trinajstić information content (AvgIpc) is 3.08. The van der Waals surface area contributed by atoms with E-state index in [4.69, 9.17) is 4.74 Å². The fraction of sp³-hybridized carbons (Fsp3) is 0.368. The van der Waals surface area contributed by atoms with Crippen LogP contribution in [0.15, 0.2) is 54.6 Å². The molecule has 3 nitrogen and oxygen atoms in total. The Hall–Kier alpha value is -1.84. The standard InChI is InChI=1S/C19H24N2O/c1-2-6-16(7-3-1)15-22-19-10-4-8-17(12-19)13-20-14-18-9-5-11-21-18/h1-4,6-8,10,12,18,20-21H,5,9,11,13-15H2. The van der Waals surface area contributed by atoms with E-state index >= 15 is 0 Å². The molecular weight excluding hydrogens is 272 g/mol. The molecule has 1 aliphatic heterocycles. The summed E-state index contributed by atoms with van der Waals surface area (Å²) in [7, 11) is 0. The Morgan fingerprint density at radius 2 is 1.91 bits per heavy atom. The van der Waals surface area contributed by atoms with Gasteiger partial charge in [-0.3, -0.25) is 0 Å². The van der Waals surface area contributed by atoms with Crippen molar-refractivity contribution in [2.75, 3.05) is 13.1 Å². The van der Waals surface area contributed by atoms with Crippen molar-refractivity contribution in [3.63, 3.8) is 0 Å². The van der Waals surface area contributed by atoms with Crippen LogP contribution in [0.4, 0.5) is 0 Å². The molecule has 0 amide bonds. The van der Waals surface area contributed by atoms with Gasteiger partial charge in [-0.2, -0.15) is 0 Å². The lowest BCUT2D eigenvalue weighted by atomic mass is 10.2. The van der Waals surface area contributed by atoms with Crippen molar-refractivity contribution in [3.8, 4) is 5.75 Å². The average molecular weight is 296 g/mol. The zero-order chi connectivity index (χ0) is 15.0. The molecule has 2 aromatic rings. The fourth-order valence-corrected chi connectivity index (χ4v) is 2.81. The second-order valence-corrected chi connectivity index (χ2v) is 5.85. The van der Waals surface area contributed by atoms with Crippen molar-refractivity contribution >= 4 is 0 Å². The predicted octanol–water partition coefficient (Wildman–Crippen LogP) is 3.11. The number of rotatable bonds is 7. The van der Waals surface area contributed by atoms with Crippen LogP contribution in [0.25, 0.3) is 0 Å². The van der Waals surface area contributed by atoms with Gasteiger partial charge in [0, 0.05) is 19.1 Å². The quantitative estimate of drug-likeness (QED) is 0.823. The van der Waals surface area contributed by atoms with Crippen molar-refractivity contribution < 1.29 is 4.74 Å². The molecule has 1 aliphatic rings. The Morgan fingerprint density at radius 3 is 2.73 bits per heavy atom. The number of hydrogen-bond acceptors (Lipinski definition) is 3. The number of nitrogens with one attached hydrogen (secondary N) is 2. The fourth-order valence-electron chi connectivity index (χ4n) is 2.81. The second-order valence-electron chi connectivity index (χ2n) is 5.85. The van der Waals surface area contributed by atoms with E-state index in [-0.39, 0.29) is 0 Å². The molecule has 0 spiro atoms. The Morgan fingerprint density at radius 1 is 1.05 bits per heavy atom. The van der Waals surface area contributed by atoms with Crippen molar-refractivity contribution in [2.24, 2.45) is 0 Å². The number of hydrogen-bond donors (Lipinski definition) is 2. The molecule has 0 bridgehead atoms. The summed E-state index contributed by atoms with van der Waals surface area (Å²) in [4.78, 5) is 0. The first-order valence-electron chi connectivity index (χ1n) is 8.10. The van der Waals surface area contributed by atoms with Gasteiger partial charge in [0.15, 0.2) is 0 Å². The van der Waals surface area contributed by atoms with Crippen LogP contribution in [-0.2, 0) is 13.2 Å². The van der Waals surface area contributed by atoms with Crippen LogP contribution in [-0.4, -0.2) is 19.1 Å². The molecule has 1 saturated heterocycles. The molecule has 0 aromatic heterocycles. The van der Waals surface area contributed by atoms with Gasteiger partial charge in [-0.15, -0.1) is 0 Å². The summed E-state index contributed by atoms with van der Waals surface area (Å²) in [5.74, 6) is 0.933. The summed E-state index contributed by atoms with van der Waals surface area (Å²) >= 11 is 0. The molecule has 0 saturated carbocycles. The smallest absolute Gasteiger partial charge is 0.120 e. The molecule has 2 N–H and O–H groups in total. The SMILES string of the molecule is c1ccc(COc2cccc(CNCC3CCCN3)c2)cc1. The molecular formula is C19H24N2O. The molecule has 1 unspecified atom stereocenters. The van der Waals surface area contributed by atoms with E-state index in [1.165, 1.54) is 24.0 Å². The van der Waals surface area contributed by atoms with Crippen molar-refractivity contribution in [2.45, 2.75) is 32.0 Å². The van der Waals surface area contributed by atoms with E-state index in [9.17, 15) is 0 Å². The summed E-state index contributed by atoms with van der Waals surface area (Å²) in [5, 5.41) is 7.03. The van der Waals surface area contributed by atoms with Crippen molar-refractivity contribution in [3.05, 3.63) is 65.7 Å². The first-order valence-corrected chi connectivity index (χ1v) is 8.10. The normalized spacial score (nSPS) is 17.5. The molecule has 1 heterocycles. The van der Waals surface area contributed by atoms with Crippen LogP contribution < -0.4 is 15.4 Å². The lowest BCUT2D eigenvalue weighted by molar-refractivity contribution is 0.306. The van der Waals surface area contributed by atoms with Gasteiger partial charge in [-0.1, -0.05) is 42.5 Å². The molecule has 0 radical (unpaired) electrons. The number of ether oxygens (including phenoxy) is 1. The lowest BCUT2D eigenvalue weighted by Gasteiger charge is -2.12. The van der Waals surface area contributed by atoms with Crippen LogP contribution in [0.3, 0.4) is 0 Å². The summed E-state index contributed by atoms with van der Waals surface area (Å²) in [6.07, 6.45) is 2.59. The highest BCUT2D eigenvalue weighted by Gasteiger charge is 2.12. The molecule has 3 rings (SSSR count). The minimum absolute atomic E-state index is 0.615. The third kappa shape index (κ3) is 4.58. The third-order valence-electron chi connectivity index (χ3n) is 4.03. The number of benzene rings is 2. The Labute approximate surface area is 132 Å². The van der Waals surface area contributed by atoms with Gasteiger partial charge >= 0.3 is 0 Å². The maximum absolute atomic E-state index is 5.87. The van der Waals surface area contributed by atoms with Crippen molar-refractivity contribution in [1.82, 2.24) is 10.6 Å². The molecule has 116 valence electrons. The molecule has 1 atom stereocenters. The van der Waals surface area contributed by atoms with Crippen LogP contribution in [0.2, 0.25) is 0 Å². The van der Waals surface area contributed by atoms with Crippen LogP contribution in [0.1, 0.15) is 24.0 Å². The van der Waals surface area contributed by atoms with Crippen LogP contribution in [0, 0.1) is 0 Å². The van der Waals surface area contributed by atoms with Crippen molar-refractivity contribution in [1.29, 1.82) is 0 Å². The molecule has 0 aliphatic carbocycles. The largest absolute Gasteiger partial charge is 0.489 e. The predicted molar refractivity (Wildman–Crippen MR) is 89.9 cm³/mol. The van der Waals surface area contributed by atoms with Crippen LogP contribution in [0.5, 0.6) is 5.75 Å². The maximum atomic E-state index is 5.87. The van der Waals surface area contributed by atoms with E-state index in [0.29, 0.717) is 12.6 Å². The molecule has 22 heavy (non-hydrogen) atoms. The van der Waals surface area contributed by atoms with Gasteiger partial charge in [-0.05, 0) is 42.6 Å². The topological polar surface area (TPSA) is 33.3 Å². The highest BCUT2D eigenvalue weighted by Crippen LogP contribution is 2.15.